The molecule has 144 valence electrons. The Kier molecular flexibility index (Phi) is 4.85. The molecule has 2 aliphatic rings. The first-order valence-electron chi connectivity index (χ1n) is 10.8. The molecule has 29 heavy (non-hydrogen) atoms. The van der Waals surface area contributed by atoms with Gasteiger partial charge in [0.15, 0.2) is 8.07 Å². The molecule has 0 aromatic heterocycles. The Morgan fingerprint density at radius 2 is 1.00 bits per heavy atom. The van der Waals surface area contributed by atoms with Crippen LogP contribution in [0.5, 0.6) is 0 Å². The van der Waals surface area contributed by atoms with Crippen LogP contribution >= 0.6 is 0 Å². The summed E-state index contributed by atoms with van der Waals surface area (Å²) in [6.45, 7) is 2.46. The molecule has 4 unspecified atom stereocenters. The zero-order valence-electron chi connectivity index (χ0n) is 17.0. The molecule has 0 heterocycles. The zero-order chi connectivity index (χ0) is 19.7. The normalized spacial score (nSPS) is 25.7. The predicted molar refractivity (Wildman–Crippen MR) is 127 cm³/mol. The summed E-state index contributed by atoms with van der Waals surface area (Å²) in [7, 11) is -2.23. The zero-order valence-corrected chi connectivity index (χ0v) is 18.0. The minimum atomic E-state index is -2.23. The van der Waals surface area contributed by atoms with Crippen LogP contribution in [-0.4, -0.2) is 8.07 Å². The third-order valence-corrected chi connectivity index (χ3v) is 12.7. The summed E-state index contributed by atoms with van der Waals surface area (Å²) in [4.78, 5) is 0. The van der Waals surface area contributed by atoms with E-state index >= 15 is 0 Å². The Hall–Kier alpha value is -2.64. The van der Waals surface area contributed by atoms with Crippen molar-refractivity contribution < 1.29 is 0 Å². The molecule has 1 saturated carbocycles. The van der Waals surface area contributed by atoms with E-state index in [1.807, 2.05) is 0 Å². The molecule has 0 nitrogen and oxygen atoms in total. The van der Waals surface area contributed by atoms with Gasteiger partial charge in [-0.05, 0) is 45.3 Å². The highest BCUT2D eigenvalue weighted by atomic mass is 28.3. The lowest BCUT2D eigenvalue weighted by atomic mass is 9.87. The Bertz CT molecular complexity index is 907. The first-order valence-corrected chi connectivity index (χ1v) is 12.9. The lowest BCUT2D eigenvalue weighted by Gasteiger charge is -2.42. The van der Waals surface area contributed by atoms with Crippen LogP contribution in [-0.2, 0) is 0 Å². The van der Waals surface area contributed by atoms with Crippen LogP contribution in [0, 0.1) is 17.8 Å². The second-order valence-electron chi connectivity index (χ2n) is 8.65. The molecule has 1 fully saturated rings. The van der Waals surface area contributed by atoms with E-state index in [0.717, 1.165) is 0 Å². The van der Waals surface area contributed by atoms with E-state index in [9.17, 15) is 0 Å². The maximum Gasteiger partial charge on any atom is 0.151 e. The van der Waals surface area contributed by atoms with E-state index in [0.29, 0.717) is 23.3 Å². The fourth-order valence-electron chi connectivity index (χ4n) is 6.04. The highest BCUT2D eigenvalue weighted by Gasteiger charge is 2.54. The molecular formula is C28H28Si. The fraction of sp³-hybridized carbons (Fsp3) is 0.214. The summed E-state index contributed by atoms with van der Waals surface area (Å²) in [6, 6.07) is 34.2. The van der Waals surface area contributed by atoms with E-state index in [4.69, 9.17) is 0 Å². The average Bonchev–Trinajstić information content (AvgIpc) is 3.14. The predicted octanol–water partition coefficient (Wildman–Crippen LogP) is 4.93. The van der Waals surface area contributed by atoms with Crippen molar-refractivity contribution in [3.8, 4) is 0 Å². The SMILES string of the molecule is CC1CC([Si](c2ccccc2)(c2ccccc2)c2ccccc2)C2C=CC=CC12. The largest absolute Gasteiger partial charge is 0.151 e. The van der Waals surface area contributed by atoms with E-state index < -0.39 is 8.07 Å². The molecule has 0 aliphatic heterocycles. The van der Waals surface area contributed by atoms with Gasteiger partial charge in [0.1, 0.15) is 0 Å². The number of rotatable bonds is 4. The number of benzene rings is 3. The molecule has 0 N–H and O–H groups in total. The Balaban J connectivity index is 1.82. The smallest absolute Gasteiger partial charge is 0.0808 e. The summed E-state index contributed by atoms with van der Waals surface area (Å²) in [5, 5.41) is 4.62. The lowest BCUT2D eigenvalue weighted by molar-refractivity contribution is 0.450. The molecule has 0 saturated heterocycles. The summed E-state index contributed by atoms with van der Waals surface area (Å²) in [5.41, 5.74) is 0.649. The molecule has 2 aliphatic carbocycles. The molecule has 5 rings (SSSR count). The minimum absolute atomic E-state index is 0.613. The van der Waals surface area contributed by atoms with Gasteiger partial charge in [-0.1, -0.05) is 122 Å². The van der Waals surface area contributed by atoms with E-state index in [1.54, 1.807) is 15.6 Å². The number of hydrogen-bond acceptors (Lipinski definition) is 0. The van der Waals surface area contributed by atoms with Crippen molar-refractivity contribution in [3.05, 3.63) is 115 Å². The van der Waals surface area contributed by atoms with Gasteiger partial charge in [0.05, 0.1) is 0 Å². The van der Waals surface area contributed by atoms with Crippen molar-refractivity contribution in [1.82, 2.24) is 0 Å². The summed E-state index contributed by atoms with van der Waals surface area (Å²) < 4.78 is 0. The first-order chi connectivity index (χ1) is 14.3. The molecular weight excluding hydrogens is 364 g/mol. The van der Waals surface area contributed by atoms with Crippen LogP contribution in [0.2, 0.25) is 5.54 Å². The molecule has 0 radical (unpaired) electrons. The lowest BCUT2D eigenvalue weighted by Crippen LogP contribution is -2.70. The van der Waals surface area contributed by atoms with Crippen LogP contribution < -0.4 is 15.6 Å². The summed E-state index contributed by atoms with van der Waals surface area (Å²) in [5.74, 6) is 1.99. The first kappa shape index (κ1) is 18.4. The number of allylic oxidation sites excluding steroid dienone is 4. The van der Waals surface area contributed by atoms with Gasteiger partial charge in [-0.2, -0.15) is 0 Å². The van der Waals surface area contributed by atoms with Crippen molar-refractivity contribution in [2.45, 2.75) is 18.9 Å². The van der Waals surface area contributed by atoms with Crippen LogP contribution in [0.4, 0.5) is 0 Å². The van der Waals surface area contributed by atoms with Crippen molar-refractivity contribution in [1.29, 1.82) is 0 Å². The Morgan fingerprint density at radius 3 is 1.45 bits per heavy atom. The van der Waals surface area contributed by atoms with E-state index in [2.05, 4.69) is 122 Å². The number of fused-ring (bicyclic) bond motifs is 1. The second-order valence-corrected chi connectivity index (χ2v) is 12.7. The average molecular weight is 393 g/mol. The van der Waals surface area contributed by atoms with Crippen molar-refractivity contribution in [2.75, 3.05) is 0 Å². The van der Waals surface area contributed by atoms with Crippen LogP contribution in [0.15, 0.2) is 115 Å². The van der Waals surface area contributed by atoms with Gasteiger partial charge >= 0.3 is 0 Å². The van der Waals surface area contributed by atoms with Crippen LogP contribution in [0.25, 0.3) is 0 Å². The fourth-order valence-corrected chi connectivity index (χ4v) is 12.1. The topological polar surface area (TPSA) is 0 Å². The highest BCUT2D eigenvalue weighted by Crippen LogP contribution is 2.51. The van der Waals surface area contributed by atoms with Crippen LogP contribution in [0.3, 0.4) is 0 Å². The third-order valence-electron chi connectivity index (χ3n) is 7.21. The van der Waals surface area contributed by atoms with Gasteiger partial charge < -0.3 is 0 Å². The Morgan fingerprint density at radius 1 is 0.586 bits per heavy atom. The molecule has 3 aromatic carbocycles. The van der Waals surface area contributed by atoms with E-state index in [-0.39, 0.29) is 0 Å². The van der Waals surface area contributed by atoms with Gasteiger partial charge in [0.25, 0.3) is 0 Å². The van der Waals surface area contributed by atoms with Crippen LogP contribution in [0.1, 0.15) is 13.3 Å². The monoisotopic (exact) mass is 392 g/mol. The molecule has 0 spiro atoms. The summed E-state index contributed by atoms with van der Waals surface area (Å²) in [6.07, 6.45) is 10.8. The molecule has 0 amide bonds. The van der Waals surface area contributed by atoms with Crippen molar-refractivity contribution in [2.24, 2.45) is 17.8 Å². The third kappa shape index (κ3) is 2.96. The highest BCUT2D eigenvalue weighted by molar-refractivity contribution is 7.12. The van der Waals surface area contributed by atoms with Gasteiger partial charge in [-0.3, -0.25) is 0 Å². The minimum Gasteiger partial charge on any atom is -0.0808 e. The standard InChI is InChI=1S/C28H28Si/c1-22-21-28(27-20-12-11-19-26(22)27)29(23-13-5-2-6-14-23,24-15-7-3-8-16-24)25-17-9-4-10-18-25/h2-20,22,26-28H,21H2,1H3. The maximum atomic E-state index is 2.51. The molecule has 3 aromatic rings. The van der Waals surface area contributed by atoms with Gasteiger partial charge in [-0.25, -0.2) is 0 Å². The molecule has 1 heteroatoms. The Labute approximate surface area is 175 Å². The van der Waals surface area contributed by atoms with Crippen molar-refractivity contribution >= 4 is 23.6 Å². The van der Waals surface area contributed by atoms with E-state index in [1.165, 1.54) is 6.42 Å². The molecule has 0 bridgehead atoms. The molecule has 4 atom stereocenters. The number of hydrogen-bond donors (Lipinski definition) is 0. The van der Waals surface area contributed by atoms with Gasteiger partial charge in [-0.15, -0.1) is 0 Å². The second kappa shape index (κ2) is 7.65. The summed E-state index contributed by atoms with van der Waals surface area (Å²) >= 11 is 0. The quantitative estimate of drug-likeness (QED) is 0.436. The van der Waals surface area contributed by atoms with Crippen molar-refractivity contribution in [3.63, 3.8) is 0 Å². The van der Waals surface area contributed by atoms with Gasteiger partial charge in [0, 0.05) is 0 Å². The van der Waals surface area contributed by atoms with Gasteiger partial charge in [0.2, 0.25) is 0 Å². The maximum absolute atomic E-state index is 2.51.